The molecular formula is C10H16N4. The number of hydrogen-bond acceptors (Lipinski definition) is 4. The number of nitrogen functional groups attached to an aromatic ring is 2. The van der Waals surface area contributed by atoms with E-state index in [0.717, 1.165) is 24.1 Å². The largest absolute Gasteiger partial charge is 0.383 e. The van der Waals surface area contributed by atoms with E-state index < -0.39 is 0 Å². The minimum Gasteiger partial charge on any atom is -0.383 e. The first-order valence-corrected chi connectivity index (χ1v) is 4.98. The Morgan fingerprint density at radius 1 is 1.07 bits per heavy atom. The van der Waals surface area contributed by atoms with Gasteiger partial charge in [0, 0.05) is 5.56 Å². The Hall–Kier alpha value is -1.32. The molecule has 14 heavy (non-hydrogen) atoms. The predicted octanol–water partition coefficient (Wildman–Crippen LogP) is 1.01. The maximum atomic E-state index is 5.82. The number of fused-ring (bicyclic) bond motifs is 1. The van der Waals surface area contributed by atoms with Gasteiger partial charge >= 0.3 is 0 Å². The van der Waals surface area contributed by atoms with Crippen LogP contribution in [0.15, 0.2) is 0 Å². The molecule has 2 atom stereocenters. The van der Waals surface area contributed by atoms with Crippen LogP contribution in [-0.4, -0.2) is 9.97 Å². The van der Waals surface area contributed by atoms with Crippen LogP contribution in [0.25, 0.3) is 0 Å². The minimum absolute atomic E-state index is 0.294. The Kier molecular flexibility index (Phi) is 2.06. The summed E-state index contributed by atoms with van der Waals surface area (Å²) in [7, 11) is 0. The number of nitrogens with zero attached hydrogens (tertiary/aromatic N) is 2. The van der Waals surface area contributed by atoms with Gasteiger partial charge in [0.15, 0.2) is 0 Å². The van der Waals surface area contributed by atoms with E-state index in [-0.39, 0.29) is 0 Å². The van der Waals surface area contributed by atoms with Gasteiger partial charge in [0.25, 0.3) is 0 Å². The van der Waals surface area contributed by atoms with Crippen LogP contribution in [0.4, 0.5) is 11.8 Å². The Morgan fingerprint density at radius 2 is 1.71 bits per heavy atom. The van der Waals surface area contributed by atoms with Crippen molar-refractivity contribution in [2.75, 3.05) is 11.5 Å². The molecule has 1 heterocycles. The molecule has 1 aliphatic carbocycles. The molecule has 0 spiro atoms. The zero-order chi connectivity index (χ0) is 10.3. The molecule has 1 aliphatic rings. The molecule has 2 rings (SSSR count). The van der Waals surface area contributed by atoms with E-state index in [9.17, 15) is 0 Å². The molecule has 76 valence electrons. The smallest absolute Gasteiger partial charge is 0.222 e. The number of rotatable bonds is 0. The second kappa shape index (κ2) is 3.12. The Balaban J connectivity index is 2.46. The summed E-state index contributed by atoms with van der Waals surface area (Å²) in [4.78, 5) is 8.24. The molecule has 0 fully saturated rings. The average Bonchev–Trinajstić information content (AvgIpc) is 2.08. The maximum absolute atomic E-state index is 5.82. The molecule has 4 heteroatoms. The first-order chi connectivity index (χ1) is 6.58. The van der Waals surface area contributed by atoms with E-state index in [2.05, 4.69) is 23.8 Å². The number of nitrogens with two attached hydrogens (primary N) is 2. The third-order valence-corrected chi connectivity index (χ3v) is 3.15. The van der Waals surface area contributed by atoms with Crippen LogP contribution in [-0.2, 0) is 12.8 Å². The van der Waals surface area contributed by atoms with E-state index >= 15 is 0 Å². The number of anilines is 2. The van der Waals surface area contributed by atoms with Gasteiger partial charge in [0.2, 0.25) is 5.95 Å². The van der Waals surface area contributed by atoms with Crippen molar-refractivity contribution in [2.24, 2.45) is 11.8 Å². The van der Waals surface area contributed by atoms with E-state index in [1.807, 2.05) is 0 Å². The molecule has 4 N–H and O–H groups in total. The van der Waals surface area contributed by atoms with Gasteiger partial charge in [0.05, 0.1) is 5.69 Å². The third-order valence-electron chi connectivity index (χ3n) is 3.15. The van der Waals surface area contributed by atoms with Crippen LogP contribution >= 0.6 is 0 Å². The standard InChI is InChI=1S/C10H16N4/c1-5-3-7-8(4-6(5)2)13-10(12)14-9(7)11/h5-6H,3-4H2,1-2H3,(H4,11,12,13,14)/t5-,6+/m1/s1. The second-order valence-corrected chi connectivity index (χ2v) is 4.26. The lowest BCUT2D eigenvalue weighted by molar-refractivity contribution is 0.356. The zero-order valence-electron chi connectivity index (χ0n) is 8.62. The second-order valence-electron chi connectivity index (χ2n) is 4.26. The van der Waals surface area contributed by atoms with E-state index in [1.165, 1.54) is 0 Å². The van der Waals surface area contributed by atoms with Crippen LogP contribution in [0.2, 0.25) is 0 Å². The predicted molar refractivity (Wildman–Crippen MR) is 56.6 cm³/mol. The highest BCUT2D eigenvalue weighted by Gasteiger charge is 2.25. The fraction of sp³-hybridized carbons (Fsp3) is 0.600. The first-order valence-electron chi connectivity index (χ1n) is 4.98. The summed E-state index contributed by atoms with van der Waals surface area (Å²) in [6.07, 6.45) is 1.94. The van der Waals surface area contributed by atoms with Crippen LogP contribution in [0.5, 0.6) is 0 Å². The maximum Gasteiger partial charge on any atom is 0.222 e. The van der Waals surface area contributed by atoms with Gasteiger partial charge in [-0.15, -0.1) is 0 Å². The molecular weight excluding hydrogens is 176 g/mol. The van der Waals surface area contributed by atoms with E-state index in [0.29, 0.717) is 23.6 Å². The van der Waals surface area contributed by atoms with Crippen LogP contribution in [0, 0.1) is 11.8 Å². The monoisotopic (exact) mass is 192 g/mol. The molecule has 0 bridgehead atoms. The molecule has 1 aromatic heterocycles. The zero-order valence-corrected chi connectivity index (χ0v) is 8.62. The fourth-order valence-electron chi connectivity index (χ4n) is 1.99. The van der Waals surface area contributed by atoms with Crippen molar-refractivity contribution >= 4 is 11.8 Å². The summed E-state index contributed by atoms with van der Waals surface area (Å²) in [6.45, 7) is 4.48. The Morgan fingerprint density at radius 3 is 2.43 bits per heavy atom. The van der Waals surface area contributed by atoms with E-state index in [1.54, 1.807) is 0 Å². The van der Waals surface area contributed by atoms with Crippen molar-refractivity contribution in [1.29, 1.82) is 0 Å². The molecule has 0 saturated heterocycles. The topological polar surface area (TPSA) is 77.8 Å². The van der Waals surface area contributed by atoms with Gasteiger partial charge in [-0.2, -0.15) is 4.98 Å². The quantitative estimate of drug-likeness (QED) is 0.643. The lowest BCUT2D eigenvalue weighted by Gasteiger charge is -2.27. The van der Waals surface area contributed by atoms with Gasteiger partial charge in [-0.3, -0.25) is 0 Å². The molecule has 0 aromatic carbocycles. The van der Waals surface area contributed by atoms with Crippen LogP contribution in [0.3, 0.4) is 0 Å². The van der Waals surface area contributed by atoms with Crippen molar-refractivity contribution in [2.45, 2.75) is 26.7 Å². The molecule has 0 aliphatic heterocycles. The van der Waals surface area contributed by atoms with Crippen molar-refractivity contribution < 1.29 is 0 Å². The summed E-state index contributed by atoms with van der Waals surface area (Å²) in [5.74, 6) is 2.16. The normalized spacial score (nSPS) is 25.9. The van der Waals surface area contributed by atoms with Crippen molar-refractivity contribution in [3.8, 4) is 0 Å². The lowest BCUT2D eigenvalue weighted by atomic mass is 9.80. The SMILES string of the molecule is C[C@@H]1Cc2c(N)nc(N)nc2C[C@@H]1C. The Labute approximate surface area is 83.7 Å². The Bertz CT molecular complexity index is 361. The van der Waals surface area contributed by atoms with Crippen molar-refractivity contribution in [1.82, 2.24) is 9.97 Å². The molecule has 0 radical (unpaired) electrons. The summed E-state index contributed by atoms with van der Waals surface area (Å²) in [5, 5.41) is 0. The highest BCUT2D eigenvalue weighted by molar-refractivity contribution is 5.47. The first kappa shape index (κ1) is 9.24. The van der Waals surface area contributed by atoms with Gasteiger partial charge in [-0.1, -0.05) is 13.8 Å². The number of hydrogen-bond donors (Lipinski definition) is 2. The summed E-state index contributed by atoms with van der Waals surface area (Å²) in [6, 6.07) is 0. The molecule has 0 amide bonds. The molecule has 4 nitrogen and oxygen atoms in total. The summed E-state index contributed by atoms with van der Waals surface area (Å²) >= 11 is 0. The third kappa shape index (κ3) is 1.41. The van der Waals surface area contributed by atoms with Gasteiger partial charge in [-0.25, -0.2) is 4.98 Å². The van der Waals surface area contributed by atoms with Crippen molar-refractivity contribution in [3.05, 3.63) is 11.3 Å². The van der Waals surface area contributed by atoms with E-state index in [4.69, 9.17) is 11.5 Å². The summed E-state index contributed by atoms with van der Waals surface area (Å²) in [5.41, 5.74) is 13.5. The van der Waals surface area contributed by atoms with Crippen molar-refractivity contribution in [3.63, 3.8) is 0 Å². The highest BCUT2D eigenvalue weighted by Crippen LogP contribution is 2.31. The average molecular weight is 192 g/mol. The summed E-state index contributed by atoms with van der Waals surface area (Å²) < 4.78 is 0. The molecule has 0 unspecified atom stereocenters. The highest BCUT2D eigenvalue weighted by atomic mass is 15.0. The lowest BCUT2D eigenvalue weighted by Crippen LogP contribution is -2.24. The fourth-order valence-corrected chi connectivity index (χ4v) is 1.99. The minimum atomic E-state index is 0.294. The van der Waals surface area contributed by atoms with Gasteiger partial charge in [-0.05, 0) is 24.7 Å². The number of aromatic nitrogens is 2. The van der Waals surface area contributed by atoms with Gasteiger partial charge < -0.3 is 11.5 Å². The molecule has 0 saturated carbocycles. The van der Waals surface area contributed by atoms with Crippen LogP contribution < -0.4 is 11.5 Å². The molecule has 1 aromatic rings. The van der Waals surface area contributed by atoms with Gasteiger partial charge in [0.1, 0.15) is 5.82 Å². The van der Waals surface area contributed by atoms with Crippen LogP contribution in [0.1, 0.15) is 25.1 Å².